The van der Waals surface area contributed by atoms with Gasteiger partial charge < -0.3 is 10.6 Å². The molecule has 0 aliphatic carbocycles. The molecule has 1 saturated heterocycles. The van der Waals surface area contributed by atoms with Crippen LogP contribution in [0.2, 0.25) is 0 Å². The van der Waals surface area contributed by atoms with Crippen LogP contribution in [-0.4, -0.2) is 47.6 Å². The zero-order valence-corrected chi connectivity index (χ0v) is 17.4. The van der Waals surface area contributed by atoms with Crippen molar-refractivity contribution < 1.29 is 0 Å². The minimum absolute atomic E-state index is 0.434. The van der Waals surface area contributed by atoms with Crippen molar-refractivity contribution in [3.05, 3.63) is 52.0 Å². The van der Waals surface area contributed by atoms with E-state index >= 15 is 0 Å². The smallest absolute Gasteiger partial charge is 0.191 e. The van der Waals surface area contributed by atoms with E-state index in [0.29, 0.717) is 12.1 Å². The summed E-state index contributed by atoms with van der Waals surface area (Å²) in [5.74, 6) is 0.921. The lowest BCUT2D eigenvalue weighted by molar-refractivity contribution is 0.258. The summed E-state index contributed by atoms with van der Waals surface area (Å²) in [5, 5.41) is 8.18. The second-order valence-corrected chi connectivity index (χ2v) is 8.54. The third-order valence-electron chi connectivity index (χ3n) is 4.88. The Morgan fingerprint density at radius 3 is 2.85 bits per heavy atom. The minimum atomic E-state index is 0.434. The first kappa shape index (κ1) is 19.8. The van der Waals surface area contributed by atoms with Gasteiger partial charge in [-0.1, -0.05) is 30.3 Å². The number of hydrogen-bond acceptors (Lipinski definition) is 4. The lowest BCUT2D eigenvalue weighted by Gasteiger charge is -2.21. The van der Waals surface area contributed by atoms with Crippen molar-refractivity contribution in [2.24, 2.45) is 4.99 Å². The molecule has 2 atom stereocenters. The highest BCUT2D eigenvalue weighted by atomic mass is 32.1. The fourth-order valence-corrected chi connectivity index (χ4v) is 4.31. The number of aromatic nitrogens is 1. The van der Waals surface area contributed by atoms with Crippen molar-refractivity contribution >= 4 is 17.3 Å². The molecule has 5 nitrogen and oxygen atoms in total. The van der Waals surface area contributed by atoms with E-state index in [1.807, 2.05) is 6.20 Å². The molecule has 0 spiro atoms. The van der Waals surface area contributed by atoms with Gasteiger partial charge in [-0.25, -0.2) is 4.98 Å². The summed E-state index contributed by atoms with van der Waals surface area (Å²) in [6, 6.07) is 11.7. The second kappa shape index (κ2) is 9.85. The highest BCUT2D eigenvalue weighted by Gasteiger charge is 2.29. The fraction of sp³-hybridized carbons (Fsp3) is 0.524. The molecule has 1 aromatic heterocycles. The number of likely N-dealkylation sites (tertiary alicyclic amines) is 1. The zero-order valence-electron chi connectivity index (χ0n) is 16.6. The number of aryl methyl sites for hydroxylation is 1. The Morgan fingerprint density at radius 2 is 2.15 bits per heavy atom. The van der Waals surface area contributed by atoms with Gasteiger partial charge in [0.1, 0.15) is 0 Å². The van der Waals surface area contributed by atoms with Gasteiger partial charge >= 0.3 is 0 Å². The molecule has 1 aliphatic rings. The Hall–Kier alpha value is -1.92. The lowest BCUT2D eigenvalue weighted by atomic mass is 10.2. The quantitative estimate of drug-likeness (QED) is 0.568. The number of guanidine groups is 1. The number of benzene rings is 1. The molecule has 0 radical (unpaired) electrons. The maximum absolute atomic E-state index is 4.76. The van der Waals surface area contributed by atoms with Gasteiger partial charge in [-0.15, -0.1) is 11.3 Å². The Morgan fingerprint density at radius 1 is 1.33 bits per heavy atom. The first-order chi connectivity index (χ1) is 13.1. The van der Waals surface area contributed by atoms with Crippen LogP contribution in [0.5, 0.6) is 0 Å². The molecule has 1 fully saturated rings. The number of thiazole rings is 1. The van der Waals surface area contributed by atoms with Gasteiger partial charge in [0.15, 0.2) is 5.96 Å². The number of nitrogens with zero attached hydrogens (tertiary/aromatic N) is 3. The molecule has 1 aliphatic heterocycles. The van der Waals surface area contributed by atoms with E-state index in [9.17, 15) is 0 Å². The van der Waals surface area contributed by atoms with Gasteiger partial charge in [-0.2, -0.15) is 0 Å². The SMILES string of the molecule is CCNC(=NCCc1ncc(C)s1)NC1CC(C)N(Cc2ccccc2)C1. The van der Waals surface area contributed by atoms with E-state index in [2.05, 4.69) is 71.6 Å². The van der Waals surface area contributed by atoms with Crippen molar-refractivity contribution in [3.63, 3.8) is 0 Å². The molecule has 27 heavy (non-hydrogen) atoms. The molecule has 2 unspecified atom stereocenters. The Balaban J connectivity index is 1.52. The van der Waals surface area contributed by atoms with Gasteiger partial charge in [-0.3, -0.25) is 9.89 Å². The average Bonchev–Trinajstić information content (AvgIpc) is 3.21. The zero-order chi connectivity index (χ0) is 19.1. The van der Waals surface area contributed by atoms with Gasteiger partial charge in [0.05, 0.1) is 5.01 Å². The molecular weight excluding hydrogens is 354 g/mol. The molecule has 6 heteroatoms. The summed E-state index contributed by atoms with van der Waals surface area (Å²) in [5.41, 5.74) is 1.38. The van der Waals surface area contributed by atoms with E-state index < -0.39 is 0 Å². The number of hydrogen-bond donors (Lipinski definition) is 2. The van der Waals surface area contributed by atoms with Crippen LogP contribution in [-0.2, 0) is 13.0 Å². The van der Waals surface area contributed by atoms with E-state index in [-0.39, 0.29) is 0 Å². The molecule has 2 N–H and O–H groups in total. The van der Waals surface area contributed by atoms with Gasteiger partial charge in [0.2, 0.25) is 0 Å². The molecule has 2 heterocycles. The van der Waals surface area contributed by atoms with Crippen molar-refractivity contribution in [3.8, 4) is 0 Å². The molecule has 2 aromatic rings. The third-order valence-corrected chi connectivity index (χ3v) is 5.85. The van der Waals surface area contributed by atoms with Gasteiger partial charge in [0.25, 0.3) is 0 Å². The van der Waals surface area contributed by atoms with Crippen LogP contribution in [0.4, 0.5) is 0 Å². The largest absolute Gasteiger partial charge is 0.357 e. The summed E-state index contributed by atoms with van der Waals surface area (Å²) in [4.78, 5) is 13.0. The van der Waals surface area contributed by atoms with Crippen molar-refractivity contribution in [1.29, 1.82) is 0 Å². The molecule has 146 valence electrons. The predicted octanol–water partition coefficient (Wildman–Crippen LogP) is 3.21. The monoisotopic (exact) mass is 385 g/mol. The summed E-state index contributed by atoms with van der Waals surface area (Å²) in [7, 11) is 0. The van der Waals surface area contributed by atoms with E-state index in [0.717, 1.165) is 50.0 Å². The highest BCUT2D eigenvalue weighted by Crippen LogP contribution is 2.20. The van der Waals surface area contributed by atoms with Crippen molar-refractivity contribution in [2.45, 2.75) is 52.2 Å². The highest BCUT2D eigenvalue weighted by molar-refractivity contribution is 7.11. The van der Waals surface area contributed by atoms with Crippen LogP contribution < -0.4 is 10.6 Å². The topological polar surface area (TPSA) is 52.6 Å². The number of nitrogens with one attached hydrogen (secondary N) is 2. The van der Waals surface area contributed by atoms with E-state index in [4.69, 9.17) is 4.99 Å². The van der Waals surface area contributed by atoms with Crippen molar-refractivity contribution in [2.75, 3.05) is 19.6 Å². The number of aliphatic imine (C=N–C) groups is 1. The van der Waals surface area contributed by atoms with Crippen LogP contribution in [0.3, 0.4) is 0 Å². The minimum Gasteiger partial charge on any atom is -0.357 e. The van der Waals surface area contributed by atoms with Crippen LogP contribution in [0.25, 0.3) is 0 Å². The van der Waals surface area contributed by atoms with E-state index in [1.54, 1.807) is 11.3 Å². The number of rotatable bonds is 7. The normalized spacial score (nSPS) is 20.8. The van der Waals surface area contributed by atoms with Gasteiger partial charge in [-0.05, 0) is 32.8 Å². The molecule has 1 aromatic carbocycles. The first-order valence-corrected chi connectivity index (χ1v) is 10.7. The Kier molecular flexibility index (Phi) is 7.24. The average molecular weight is 386 g/mol. The first-order valence-electron chi connectivity index (χ1n) is 9.88. The molecule has 0 amide bonds. The summed E-state index contributed by atoms with van der Waals surface area (Å²) in [6.45, 7) is 10.2. The maximum Gasteiger partial charge on any atom is 0.191 e. The maximum atomic E-state index is 4.76. The van der Waals surface area contributed by atoms with Crippen LogP contribution in [0.15, 0.2) is 41.5 Å². The second-order valence-electron chi connectivity index (χ2n) is 7.22. The van der Waals surface area contributed by atoms with E-state index in [1.165, 1.54) is 10.4 Å². The predicted molar refractivity (Wildman–Crippen MR) is 114 cm³/mol. The van der Waals surface area contributed by atoms with Crippen LogP contribution in [0, 0.1) is 6.92 Å². The molecular formula is C21H31N5S. The lowest BCUT2D eigenvalue weighted by Crippen LogP contribution is -2.44. The summed E-state index contributed by atoms with van der Waals surface area (Å²) < 4.78 is 0. The Labute approximate surface area is 166 Å². The standard InChI is InChI=1S/C21H31N5S/c1-4-22-21(23-11-10-20-24-13-17(3)27-20)25-19-12-16(2)26(15-19)14-18-8-6-5-7-9-18/h5-9,13,16,19H,4,10-12,14-15H2,1-3H3,(H2,22,23,25). The van der Waals surface area contributed by atoms with Crippen LogP contribution in [0.1, 0.15) is 35.7 Å². The molecule has 3 rings (SSSR count). The van der Waals surface area contributed by atoms with Crippen molar-refractivity contribution in [1.82, 2.24) is 20.5 Å². The van der Waals surface area contributed by atoms with Crippen LogP contribution >= 0.6 is 11.3 Å². The Bertz CT molecular complexity index is 727. The molecule has 0 saturated carbocycles. The fourth-order valence-electron chi connectivity index (χ4n) is 3.54. The van der Waals surface area contributed by atoms with Gasteiger partial charge in [0, 0.05) is 55.8 Å². The molecule has 0 bridgehead atoms. The summed E-state index contributed by atoms with van der Waals surface area (Å²) >= 11 is 1.76. The summed E-state index contributed by atoms with van der Waals surface area (Å²) in [6.07, 6.45) is 3.98. The third kappa shape index (κ3) is 6.04.